The van der Waals surface area contributed by atoms with Crippen LogP contribution in [-0.2, 0) is 11.2 Å². The second-order valence-electron chi connectivity index (χ2n) is 9.37. The van der Waals surface area contributed by atoms with Crippen molar-refractivity contribution in [3.8, 4) is 22.6 Å². The second kappa shape index (κ2) is 9.30. The molecule has 1 aromatic carbocycles. The molecular formula is C27H32N2O4. The van der Waals surface area contributed by atoms with Crippen molar-refractivity contribution in [1.82, 2.24) is 9.88 Å². The maximum Gasteiger partial charge on any atom is 0.410 e. The molecule has 0 bridgehead atoms. The smallest absolute Gasteiger partial charge is 0.410 e. The summed E-state index contributed by atoms with van der Waals surface area (Å²) in [4.78, 5) is 19.1. The molecule has 0 unspecified atom stereocenters. The van der Waals surface area contributed by atoms with Gasteiger partial charge in [0.05, 0.1) is 19.9 Å². The number of aromatic nitrogens is 1. The van der Waals surface area contributed by atoms with Crippen LogP contribution >= 0.6 is 0 Å². The predicted octanol–water partition coefficient (Wildman–Crippen LogP) is 5.66. The lowest BCUT2D eigenvalue weighted by Gasteiger charge is -2.25. The second-order valence-corrected chi connectivity index (χ2v) is 9.37. The first kappa shape index (κ1) is 22.9. The Hall–Kier alpha value is -3.28. The number of pyridine rings is 1. The summed E-state index contributed by atoms with van der Waals surface area (Å²) in [5.74, 6) is 1.40. The number of fused-ring (bicyclic) bond motifs is 1. The van der Waals surface area contributed by atoms with Gasteiger partial charge in [0.1, 0.15) is 5.60 Å². The number of rotatable bonds is 4. The lowest BCUT2D eigenvalue weighted by Crippen LogP contribution is -2.37. The number of ether oxygens (including phenoxy) is 3. The molecule has 33 heavy (non-hydrogen) atoms. The van der Waals surface area contributed by atoms with Crippen LogP contribution in [-0.4, -0.2) is 48.9 Å². The van der Waals surface area contributed by atoms with Gasteiger partial charge in [-0.2, -0.15) is 0 Å². The van der Waals surface area contributed by atoms with Gasteiger partial charge in [-0.25, -0.2) is 4.79 Å². The highest BCUT2D eigenvalue weighted by Crippen LogP contribution is 2.38. The Bertz CT molecular complexity index is 1110. The van der Waals surface area contributed by atoms with E-state index in [0.717, 1.165) is 36.1 Å². The van der Waals surface area contributed by atoms with Gasteiger partial charge in [0.2, 0.25) is 0 Å². The van der Waals surface area contributed by atoms with Crippen LogP contribution in [0.1, 0.15) is 44.9 Å². The van der Waals surface area contributed by atoms with E-state index >= 15 is 0 Å². The van der Waals surface area contributed by atoms with E-state index in [1.54, 1.807) is 19.1 Å². The van der Waals surface area contributed by atoms with Crippen LogP contribution in [0.2, 0.25) is 0 Å². The van der Waals surface area contributed by atoms with E-state index in [-0.39, 0.29) is 6.09 Å². The molecule has 2 heterocycles. The average molecular weight is 449 g/mol. The molecule has 6 nitrogen and oxygen atoms in total. The number of hydrogen-bond acceptors (Lipinski definition) is 5. The Morgan fingerprint density at radius 3 is 2.55 bits per heavy atom. The molecular weight excluding hydrogens is 416 g/mol. The van der Waals surface area contributed by atoms with Crippen LogP contribution in [0, 0.1) is 0 Å². The van der Waals surface area contributed by atoms with Crippen molar-refractivity contribution in [1.29, 1.82) is 0 Å². The van der Waals surface area contributed by atoms with Crippen molar-refractivity contribution >= 4 is 11.7 Å². The van der Waals surface area contributed by atoms with Crippen LogP contribution in [0.5, 0.6) is 11.5 Å². The van der Waals surface area contributed by atoms with Crippen LogP contribution in [0.4, 0.5) is 4.79 Å². The molecule has 174 valence electrons. The fourth-order valence-electron chi connectivity index (χ4n) is 4.29. The van der Waals surface area contributed by atoms with Gasteiger partial charge in [-0.05, 0) is 68.5 Å². The number of hydrogen-bond donors (Lipinski definition) is 0. The first-order chi connectivity index (χ1) is 15.8. The Balaban J connectivity index is 1.58. The lowest BCUT2D eigenvalue weighted by molar-refractivity contribution is 0.0273. The Kier molecular flexibility index (Phi) is 6.45. The Morgan fingerprint density at radius 2 is 1.82 bits per heavy atom. The topological polar surface area (TPSA) is 60.9 Å². The van der Waals surface area contributed by atoms with Gasteiger partial charge in [0.15, 0.2) is 11.5 Å². The summed E-state index contributed by atoms with van der Waals surface area (Å²) in [5.41, 5.74) is 6.32. The lowest BCUT2D eigenvalue weighted by atomic mass is 9.95. The zero-order valence-corrected chi connectivity index (χ0v) is 20.1. The molecule has 0 N–H and O–H groups in total. The third kappa shape index (κ3) is 5.05. The van der Waals surface area contributed by atoms with Gasteiger partial charge in [-0.3, -0.25) is 4.98 Å². The van der Waals surface area contributed by atoms with Crippen molar-refractivity contribution in [2.75, 3.05) is 27.3 Å². The zero-order chi connectivity index (χ0) is 23.6. The van der Waals surface area contributed by atoms with E-state index in [4.69, 9.17) is 19.2 Å². The van der Waals surface area contributed by atoms with Gasteiger partial charge >= 0.3 is 6.09 Å². The maximum atomic E-state index is 12.5. The van der Waals surface area contributed by atoms with E-state index < -0.39 is 5.60 Å². The maximum absolute atomic E-state index is 12.5. The first-order valence-electron chi connectivity index (χ1n) is 11.4. The number of amides is 1. The molecule has 1 aliphatic carbocycles. The summed E-state index contributed by atoms with van der Waals surface area (Å²) < 4.78 is 16.4. The van der Waals surface area contributed by atoms with E-state index in [2.05, 4.69) is 18.2 Å². The van der Waals surface area contributed by atoms with E-state index in [1.165, 1.54) is 16.7 Å². The minimum Gasteiger partial charge on any atom is -0.493 e. The highest BCUT2D eigenvalue weighted by molar-refractivity contribution is 5.85. The SMILES string of the molecule is COc1ccc(-c2cnc3c(c2)C(C2=CCN(C(=O)OC(C)(C)C)CCC2)=CC3)cc1OC. The molecule has 1 aromatic heterocycles. The summed E-state index contributed by atoms with van der Waals surface area (Å²) in [6, 6.07) is 8.12. The van der Waals surface area contributed by atoms with Crippen LogP contribution in [0.3, 0.4) is 0 Å². The molecule has 0 radical (unpaired) electrons. The van der Waals surface area contributed by atoms with Crippen molar-refractivity contribution in [3.63, 3.8) is 0 Å². The monoisotopic (exact) mass is 448 g/mol. The molecule has 1 amide bonds. The van der Waals surface area contributed by atoms with Gasteiger partial charge in [0.25, 0.3) is 0 Å². The minimum atomic E-state index is -0.491. The summed E-state index contributed by atoms with van der Waals surface area (Å²) in [6.07, 6.45) is 8.74. The molecule has 2 aromatic rings. The van der Waals surface area contributed by atoms with Gasteiger partial charge < -0.3 is 19.1 Å². The minimum absolute atomic E-state index is 0.252. The molecule has 6 heteroatoms. The normalized spacial score (nSPS) is 15.8. The van der Waals surface area contributed by atoms with E-state index in [1.807, 2.05) is 45.2 Å². The van der Waals surface area contributed by atoms with Crippen molar-refractivity contribution in [3.05, 3.63) is 59.4 Å². The van der Waals surface area contributed by atoms with Crippen LogP contribution in [0.15, 0.2) is 48.2 Å². The predicted molar refractivity (Wildman–Crippen MR) is 130 cm³/mol. The molecule has 0 saturated carbocycles. The van der Waals surface area contributed by atoms with E-state index in [9.17, 15) is 4.79 Å². The fourth-order valence-corrected chi connectivity index (χ4v) is 4.29. The quantitative estimate of drug-likeness (QED) is 0.604. The van der Waals surface area contributed by atoms with Crippen LogP contribution in [0.25, 0.3) is 16.7 Å². The molecule has 0 atom stereocenters. The van der Waals surface area contributed by atoms with Crippen molar-refractivity contribution in [2.45, 2.75) is 45.6 Å². The number of carbonyl (C=O) groups excluding carboxylic acids is 1. The third-order valence-electron chi connectivity index (χ3n) is 5.91. The fraction of sp³-hybridized carbons (Fsp3) is 0.407. The van der Waals surface area contributed by atoms with Gasteiger partial charge in [0, 0.05) is 36.8 Å². The van der Waals surface area contributed by atoms with Crippen molar-refractivity contribution in [2.24, 2.45) is 0 Å². The Morgan fingerprint density at radius 1 is 1.03 bits per heavy atom. The summed E-state index contributed by atoms with van der Waals surface area (Å²) >= 11 is 0. The first-order valence-corrected chi connectivity index (χ1v) is 11.4. The van der Waals surface area contributed by atoms with Gasteiger partial charge in [-0.1, -0.05) is 18.2 Å². The zero-order valence-electron chi connectivity index (χ0n) is 20.1. The Labute approximate surface area is 195 Å². The summed E-state index contributed by atoms with van der Waals surface area (Å²) in [6.45, 7) is 6.94. The highest BCUT2D eigenvalue weighted by Gasteiger charge is 2.25. The number of carbonyl (C=O) groups is 1. The standard InChI is InChI=1S/C27H32N2O4/c1-27(2,3)33-26(30)29-13-6-7-18(12-14-29)21-9-10-23-22(21)15-20(17-28-23)19-8-11-24(31-4)25(16-19)32-5/h8-9,11-12,15-17H,6-7,10,13-14H2,1-5H3. The summed E-state index contributed by atoms with van der Waals surface area (Å²) in [5, 5.41) is 0. The number of benzene rings is 1. The number of methoxy groups -OCH3 is 2. The van der Waals surface area contributed by atoms with Gasteiger partial charge in [-0.15, -0.1) is 0 Å². The van der Waals surface area contributed by atoms with E-state index in [0.29, 0.717) is 24.6 Å². The largest absolute Gasteiger partial charge is 0.493 e. The van der Waals surface area contributed by atoms with Crippen LogP contribution < -0.4 is 9.47 Å². The highest BCUT2D eigenvalue weighted by atomic mass is 16.6. The summed E-state index contributed by atoms with van der Waals surface area (Å²) in [7, 11) is 3.28. The molecule has 2 aliphatic rings. The number of nitrogens with zero attached hydrogens (tertiary/aromatic N) is 2. The number of allylic oxidation sites excluding steroid dienone is 3. The molecule has 0 fully saturated rings. The molecule has 0 saturated heterocycles. The molecule has 1 aliphatic heterocycles. The molecule has 4 rings (SSSR count). The van der Waals surface area contributed by atoms with Crippen molar-refractivity contribution < 1.29 is 19.0 Å². The average Bonchev–Trinajstić information content (AvgIpc) is 3.05. The molecule has 0 spiro atoms. The third-order valence-corrected chi connectivity index (χ3v) is 5.91.